The highest BCUT2D eigenvalue weighted by Crippen LogP contribution is 2.26. The third kappa shape index (κ3) is 2.25. The molecule has 2 rings (SSSR count). The highest BCUT2D eigenvalue weighted by molar-refractivity contribution is 7.14. The van der Waals surface area contributed by atoms with Gasteiger partial charge in [-0.05, 0) is 13.0 Å². The molecule has 0 spiro atoms. The maximum absolute atomic E-state index is 11.8. The normalized spacial score (nSPS) is 10.4. The fourth-order valence-electron chi connectivity index (χ4n) is 1.23. The number of nitrogens with zero attached hydrogens (tertiary/aromatic N) is 2. The summed E-state index contributed by atoms with van der Waals surface area (Å²) in [6.45, 7) is 1.88. The van der Waals surface area contributed by atoms with Gasteiger partial charge in [-0.1, -0.05) is 11.6 Å². The van der Waals surface area contributed by atoms with Crippen LogP contribution in [0.15, 0.2) is 18.3 Å². The zero-order valence-electron chi connectivity index (χ0n) is 8.82. The fraction of sp³-hybridized carbons (Fsp3) is 0.200. The first-order chi connectivity index (χ1) is 7.56. The predicted octanol–water partition coefficient (Wildman–Crippen LogP) is 2.70. The first-order valence-corrected chi connectivity index (χ1v) is 5.82. The molecule has 0 saturated heterocycles. The Bertz CT molecular complexity index is 512. The van der Waals surface area contributed by atoms with Crippen LogP contribution >= 0.6 is 22.9 Å². The number of nitrogens with one attached hydrogen (secondary N) is 1. The Morgan fingerprint density at radius 2 is 2.38 bits per heavy atom. The third-order valence-electron chi connectivity index (χ3n) is 2.04. The summed E-state index contributed by atoms with van der Waals surface area (Å²) < 4.78 is 1.63. The van der Waals surface area contributed by atoms with Crippen molar-refractivity contribution in [3.63, 3.8) is 0 Å². The van der Waals surface area contributed by atoms with E-state index in [-0.39, 0.29) is 5.91 Å². The molecule has 6 heteroatoms. The number of aryl methyl sites for hydroxylation is 2. The number of hydrogen-bond acceptors (Lipinski definition) is 3. The molecule has 2 aromatic heterocycles. The van der Waals surface area contributed by atoms with Crippen molar-refractivity contribution in [3.8, 4) is 0 Å². The maximum Gasteiger partial charge on any atom is 0.266 e. The van der Waals surface area contributed by atoms with Crippen molar-refractivity contribution in [3.05, 3.63) is 33.1 Å². The van der Waals surface area contributed by atoms with Gasteiger partial charge in [0, 0.05) is 24.2 Å². The van der Waals surface area contributed by atoms with Crippen LogP contribution in [0.4, 0.5) is 5.82 Å². The number of aromatic nitrogens is 2. The minimum absolute atomic E-state index is 0.182. The average Bonchev–Trinajstić information content (AvgIpc) is 2.75. The van der Waals surface area contributed by atoms with Crippen molar-refractivity contribution < 1.29 is 4.79 Å². The first kappa shape index (κ1) is 11.2. The molecule has 0 aliphatic rings. The Kier molecular flexibility index (Phi) is 2.98. The van der Waals surface area contributed by atoms with Gasteiger partial charge in [0.2, 0.25) is 0 Å². The molecule has 0 radical (unpaired) electrons. The maximum atomic E-state index is 11.8. The number of halogens is 1. The second kappa shape index (κ2) is 4.27. The van der Waals surface area contributed by atoms with Crippen LogP contribution in [0.1, 0.15) is 14.5 Å². The Hall–Kier alpha value is -1.33. The summed E-state index contributed by atoms with van der Waals surface area (Å²) >= 11 is 7.26. The van der Waals surface area contributed by atoms with Crippen LogP contribution in [-0.2, 0) is 7.05 Å². The Morgan fingerprint density at radius 3 is 2.88 bits per heavy atom. The topological polar surface area (TPSA) is 46.9 Å². The van der Waals surface area contributed by atoms with Gasteiger partial charge in [0.25, 0.3) is 5.91 Å². The van der Waals surface area contributed by atoms with Gasteiger partial charge in [-0.25, -0.2) is 0 Å². The zero-order valence-corrected chi connectivity index (χ0v) is 10.4. The second-order valence-electron chi connectivity index (χ2n) is 3.34. The lowest BCUT2D eigenvalue weighted by Crippen LogP contribution is -2.10. The van der Waals surface area contributed by atoms with Gasteiger partial charge in [-0.3, -0.25) is 9.48 Å². The van der Waals surface area contributed by atoms with E-state index in [2.05, 4.69) is 10.4 Å². The smallest absolute Gasteiger partial charge is 0.266 e. The SMILES string of the molecule is Cc1sc(C(=O)Nc2ccn(C)n2)cc1Cl. The molecule has 0 atom stereocenters. The summed E-state index contributed by atoms with van der Waals surface area (Å²) in [5.74, 6) is 0.355. The van der Waals surface area contributed by atoms with E-state index in [1.54, 1.807) is 30.1 Å². The van der Waals surface area contributed by atoms with Crippen LogP contribution in [0, 0.1) is 6.92 Å². The third-order valence-corrected chi connectivity index (χ3v) is 3.59. The summed E-state index contributed by atoms with van der Waals surface area (Å²) in [4.78, 5) is 13.3. The van der Waals surface area contributed by atoms with Gasteiger partial charge in [-0.2, -0.15) is 5.10 Å². The largest absolute Gasteiger partial charge is 0.304 e. The van der Waals surface area contributed by atoms with Crippen molar-refractivity contribution in [2.24, 2.45) is 7.05 Å². The molecule has 1 amide bonds. The molecule has 4 nitrogen and oxygen atoms in total. The number of carbonyl (C=O) groups is 1. The molecule has 0 fully saturated rings. The van der Waals surface area contributed by atoms with E-state index < -0.39 is 0 Å². The molecular formula is C10H10ClN3OS. The molecular weight excluding hydrogens is 246 g/mol. The zero-order chi connectivity index (χ0) is 11.7. The van der Waals surface area contributed by atoms with Crippen LogP contribution in [0.5, 0.6) is 0 Å². The van der Waals surface area contributed by atoms with Crippen LogP contribution in [0.2, 0.25) is 5.02 Å². The fourth-order valence-corrected chi connectivity index (χ4v) is 2.33. The van der Waals surface area contributed by atoms with Gasteiger partial charge < -0.3 is 5.32 Å². The molecule has 0 aliphatic heterocycles. The molecule has 16 heavy (non-hydrogen) atoms. The first-order valence-electron chi connectivity index (χ1n) is 4.63. The predicted molar refractivity (Wildman–Crippen MR) is 65.2 cm³/mol. The number of thiophene rings is 1. The van der Waals surface area contributed by atoms with Crippen molar-refractivity contribution in [2.75, 3.05) is 5.32 Å². The molecule has 0 saturated carbocycles. The highest BCUT2D eigenvalue weighted by atomic mass is 35.5. The summed E-state index contributed by atoms with van der Waals surface area (Å²) in [5.41, 5.74) is 0. The summed E-state index contributed by atoms with van der Waals surface area (Å²) in [6, 6.07) is 3.40. The molecule has 2 heterocycles. The summed E-state index contributed by atoms with van der Waals surface area (Å²) in [7, 11) is 1.79. The monoisotopic (exact) mass is 255 g/mol. The lowest BCUT2D eigenvalue weighted by atomic mass is 10.4. The highest BCUT2D eigenvalue weighted by Gasteiger charge is 2.12. The van der Waals surface area contributed by atoms with Gasteiger partial charge >= 0.3 is 0 Å². The molecule has 84 valence electrons. The Balaban J connectivity index is 2.14. The number of amides is 1. The standard InChI is InChI=1S/C10H10ClN3OS/c1-6-7(11)5-8(16-6)10(15)12-9-3-4-14(2)13-9/h3-5H,1-2H3,(H,12,13,15). The van der Waals surface area contributed by atoms with Crippen molar-refractivity contribution in [1.82, 2.24) is 9.78 Å². The van der Waals surface area contributed by atoms with E-state index >= 15 is 0 Å². The van der Waals surface area contributed by atoms with E-state index in [0.717, 1.165) is 4.88 Å². The number of hydrogen-bond donors (Lipinski definition) is 1. The van der Waals surface area contributed by atoms with E-state index in [0.29, 0.717) is 15.7 Å². The van der Waals surface area contributed by atoms with E-state index in [1.807, 2.05) is 6.92 Å². The van der Waals surface area contributed by atoms with Gasteiger partial charge in [0.05, 0.1) is 9.90 Å². The van der Waals surface area contributed by atoms with Crippen LogP contribution in [0.25, 0.3) is 0 Å². The molecule has 0 bridgehead atoms. The van der Waals surface area contributed by atoms with E-state index in [1.165, 1.54) is 11.3 Å². The van der Waals surface area contributed by atoms with Gasteiger partial charge in [0.1, 0.15) is 0 Å². The van der Waals surface area contributed by atoms with Crippen LogP contribution in [-0.4, -0.2) is 15.7 Å². The Morgan fingerprint density at radius 1 is 1.62 bits per heavy atom. The van der Waals surface area contributed by atoms with Gasteiger partial charge in [0.15, 0.2) is 5.82 Å². The molecule has 0 aliphatic carbocycles. The van der Waals surface area contributed by atoms with E-state index in [9.17, 15) is 4.79 Å². The van der Waals surface area contributed by atoms with Crippen molar-refractivity contribution >= 4 is 34.7 Å². The van der Waals surface area contributed by atoms with Crippen LogP contribution < -0.4 is 5.32 Å². The second-order valence-corrected chi connectivity index (χ2v) is 5.01. The minimum Gasteiger partial charge on any atom is -0.304 e. The molecule has 0 unspecified atom stereocenters. The van der Waals surface area contributed by atoms with Crippen molar-refractivity contribution in [1.29, 1.82) is 0 Å². The molecule has 2 aromatic rings. The number of carbonyl (C=O) groups excluding carboxylic acids is 1. The lowest BCUT2D eigenvalue weighted by molar-refractivity contribution is 0.103. The van der Waals surface area contributed by atoms with Crippen LogP contribution in [0.3, 0.4) is 0 Å². The van der Waals surface area contributed by atoms with Crippen molar-refractivity contribution in [2.45, 2.75) is 6.92 Å². The number of anilines is 1. The average molecular weight is 256 g/mol. The minimum atomic E-state index is -0.182. The Labute approximate surface area is 102 Å². The number of rotatable bonds is 2. The summed E-state index contributed by atoms with van der Waals surface area (Å²) in [5, 5.41) is 7.38. The lowest BCUT2D eigenvalue weighted by Gasteiger charge is -1.97. The molecule has 0 aromatic carbocycles. The quantitative estimate of drug-likeness (QED) is 0.897. The van der Waals surface area contributed by atoms with E-state index in [4.69, 9.17) is 11.6 Å². The summed E-state index contributed by atoms with van der Waals surface area (Å²) in [6.07, 6.45) is 1.77. The van der Waals surface area contributed by atoms with Gasteiger partial charge in [-0.15, -0.1) is 11.3 Å². The molecule has 1 N–H and O–H groups in total.